The smallest absolute Gasteiger partial charge is 0.159 e. The van der Waals surface area contributed by atoms with Crippen LogP contribution in [0.2, 0.25) is 5.02 Å². The normalized spacial score (nSPS) is 9.15. The molecular formula is C9H11Cl2NO. The topological polar surface area (TPSA) is 43.1 Å². The highest BCUT2D eigenvalue weighted by Gasteiger charge is 2.02. The van der Waals surface area contributed by atoms with Crippen molar-refractivity contribution in [3.63, 3.8) is 0 Å². The summed E-state index contributed by atoms with van der Waals surface area (Å²) in [6.45, 7) is 1.91. The Labute approximate surface area is 88.5 Å². The van der Waals surface area contributed by atoms with Crippen LogP contribution in [0, 0.1) is 0 Å². The number of rotatable bonds is 2. The van der Waals surface area contributed by atoms with Gasteiger partial charge in [-0.15, -0.1) is 12.4 Å². The van der Waals surface area contributed by atoms with Crippen LogP contribution < -0.4 is 5.73 Å². The molecule has 0 aliphatic heterocycles. The second kappa shape index (κ2) is 5.22. The molecule has 0 amide bonds. The summed E-state index contributed by atoms with van der Waals surface area (Å²) in [7, 11) is 0. The van der Waals surface area contributed by atoms with E-state index < -0.39 is 0 Å². The molecule has 1 aromatic carbocycles. The van der Waals surface area contributed by atoms with E-state index in [4.69, 9.17) is 17.3 Å². The Kier molecular flexibility index (Phi) is 4.99. The van der Waals surface area contributed by atoms with Crippen molar-refractivity contribution in [2.75, 3.05) is 0 Å². The minimum atomic E-state index is 0. The zero-order valence-corrected chi connectivity index (χ0v) is 8.78. The van der Waals surface area contributed by atoms with Crippen molar-refractivity contribution in [2.24, 2.45) is 5.73 Å². The predicted octanol–water partition coefficient (Wildman–Crippen LogP) is 2.42. The number of hydrogen-bond acceptors (Lipinski definition) is 2. The van der Waals surface area contributed by atoms with Crippen LogP contribution in [0.4, 0.5) is 0 Å². The Hall–Kier alpha value is -0.570. The van der Waals surface area contributed by atoms with Gasteiger partial charge in [-0.25, -0.2) is 0 Å². The fraction of sp³-hybridized carbons (Fsp3) is 0.222. The maximum Gasteiger partial charge on any atom is 0.159 e. The second-order valence-electron chi connectivity index (χ2n) is 2.57. The number of Topliss-reactive ketones (excluding diaryl/α,β-unsaturated/α-hetero) is 1. The monoisotopic (exact) mass is 219 g/mol. The van der Waals surface area contributed by atoms with Gasteiger partial charge < -0.3 is 5.73 Å². The largest absolute Gasteiger partial charge is 0.326 e. The Bertz CT molecular complexity index is 312. The number of ketones is 1. The predicted molar refractivity (Wildman–Crippen MR) is 56.6 cm³/mol. The maximum absolute atomic E-state index is 10.9. The molecule has 1 aromatic rings. The van der Waals surface area contributed by atoms with Gasteiger partial charge in [-0.3, -0.25) is 4.79 Å². The third-order valence-corrected chi connectivity index (χ3v) is 2.03. The standard InChI is InChI=1S/C9H10ClNO.ClH/c1-6(12)7-2-3-8(5-11)9(10)4-7;/h2-4H,5,11H2,1H3;1H. The zero-order valence-electron chi connectivity index (χ0n) is 7.21. The summed E-state index contributed by atoms with van der Waals surface area (Å²) in [5, 5.41) is 0.560. The molecule has 0 spiro atoms. The van der Waals surface area contributed by atoms with Crippen LogP contribution in [0.1, 0.15) is 22.8 Å². The van der Waals surface area contributed by atoms with E-state index in [-0.39, 0.29) is 18.2 Å². The fourth-order valence-electron chi connectivity index (χ4n) is 0.932. The van der Waals surface area contributed by atoms with Gasteiger partial charge in [0.25, 0.3) is 0 Å². The molecule has 0 unspecified atom stereocenters. The van der Waals surface area contributed by atoms with Crippen molar-refractivity contribution in [1.29, 1.82) is 0 Å². The van der Waals surface area contributed by atoms with Gasteiger partial charge in [0, 0.05) is 17.1 Å². The van der Waals surface area contributed by atoms with E-state index in [0.717, 1.165) is 5.56 Å². The number of carbonyl (C=O) groups is 1. The van der Waals surface area contributed by atoms with Gasteiger partial charge in [-0.05, 0) is 18.6 Å². The van der Waals surface area contributed by atoms with E-state index in [0.29, 0.717) is 17.1 Å². The van der Waals surface area contributed by atoms with Crippen LogP contribution in [0.25, 0.3) is 0 Å². The molecule has 2 N–H and O–H groups in total. The van der Waals surface area contributed by atoms with E-state index in [9.17, 15) is 4.79 Å². The Morgan fingerprint density at radius 2 is 2.15 bits per heavy atom. The lowest BCUT2D eigenvalue weighted by atomic mass is 10.1. The minimum absolute atomic E-state index is 0. The quantitative estimate of drug-likeness (QED) is 0.777. The number of nitrogens with two attached hydrogens (primary N) is 1. The number of benzene rings is 1. The highest BCUT2D eigenvalue weighted by Crippen LogP contribution is 2.17. The van der Waals surface area contributed by atoms with Gasteiger partial charge in [0.2, 0.25) is 0 Å². The van der Waals surface area contributed by atoms with Crippen molar-refractivity contribution < 1.29 is 4.79 Å². The van der Waals surface area contributed by atoms with Gasteiger partial charge in [-0.2, -0.15) is 0 Å². The van der Waals surface area contributed by atoms with E-state index >= 15 is 0 Å². The summed E-state index contributed by atoms with van der Waals surface area (Å²) < 4.78 is 0. The first-order valence-electron chi connectivity index (χ1n) is 3.64. The highest BCUT2D eigenvalue weighted by molar-refractivity contribution is 6.31. The van der Waals surface area contributed by atoms with Crippen LogP contribution >= 0.6 is 24.0 Å². The molecular weight excluding hydrogens is 209 g/mol. The Balaban J connectivity index is 0.00000144. The first kappa shape index (κ1) is 12.4. The molecule has 0 radical (unpaired) electrons. The average molecular weight is 220 g/mol. The Morgan fingerprint density at radius 3 is 2.54 bits per heavy atom. The van der Waals surface area contributed by atoms with E-state index in [2.05, 4.69) is 0 Å². The molecule has 0 saturated heterocycles. The zero-order chi connectivity index (χ0) is 9.14. The lowest BCUT2D eigenvalue weighted by Gasteiger charge is -2.01. The SMILES string of the molecule is CC(=O)c1ccc(CN)c(Cl)c1.Cl. The van der Waals surface area contributed by atoms with E-state index in [1.54, 1.807) is 18.2 Å². The molecule has 72 valence electrons. The number of hydrogen-bond donors (Lipinski definition) is 1. The van der Waals surface area contributed by atoms with Gasteiger partial charge in [0.05, 0.1) is 0 Å². The fourth-order valence-corrected chi connectivity index (χ4v) is 1.19. The average Bonchev–Trinajstić information content (AvgIpc) is 2.04. The molecule has 0 aliphatic rings. The van der Waals surface area contributed by atoms with Gasteiger partial charge >= 0.3 is 0 Å². The maximum atomic E-state index is 10.9. The summed E-state index contributed by atoms with van der Waals surface area (Å²) in [6, 6.07) is 5.15. The summed E-state index contributed by atoms with van der Waals surface area (Å²) in [5.41, 5.74) is 6.89. The van der Waals surface area contributed by atoms with E-state index in [1.807, 2.05) is 0 Å². The molecule has 0 saturated carbocycles. The molecule has 0 heterocycles. The van der Waals surface area contributed by atoms with Crippen molar-refractivity contribution in [1.82, 2.24) is 0 Å². The molecule has 0 aromatic heterocycles. The van der Waals surface area contributed by atoms with Crippen molar-refractivity contribution >= 4 is 29.8 Å². The Morgan fingerprint density at radius 1 is 1.54 bits per heavy atom. The minimum Gasteiger partial charge on any atom is -0.326 e. The van der Waals surface area contributed by atoms with Crippen molar-refractivity contribution in [2.45, 2.75) is 13.5 Å². The molecule has 0 aliphatic carbocycles. The second-order valence-corrected chi connectivity index (χ2v) is 2.97. The van der Waals surface area contributed by atoms with Gasteiger partial charge in [-0.1, -0.05) is 23.7 Å². The molecule has 2 nitrogen and oxygen atoms in total. The van der Waals surface area contributed by atoms with Gasteiger partial charge in [0.15, 0.2) is 5.78 Å². The lowest BCUT2D eigenvalue weighted by molar-refractivity contribution is 0.101. The van der Waals surface area contributed by atoms with Crippen LogP contribution in [0.5, 0.6) is 0 Å². The van der Waals surface area contributed by atoms with E-state index in [1.165, 1.54) is 6.92 Å². The summed E-state index contributed by atoms with van der Waals surface area (Å²) in [6.07, 6.45) is 0. The molecule has 0 fully saturated rings. The first-order valence-corrected chi connectivity index (χ1v) is 4.02. The van der Waals surface area contributed by atoms with Crippen molar-refractivity contribution in [3.05, 3.63) is 34.3 Å². The third kappa shape index (κ3) is 2.99. The molecule has 0 bridgehead atoms. The highest BCUT2D eigenvalue weighted by atomic mass is 35.5. The van der Waals surface area contributed by atoms with Crippen LogP contribution in [-0.2, 0) is 6.54 Å². The summed E-state index contributed by atoms with van der Waals surface area (Å²) in [5.74, 6) is 0.0143. The molecule has 1 rings (SSSR count). The van der Waals surface area contributed by atoms with Crippen LogP contribution in [0.3, 0.4) is 0 Å². The molecule has 0 atom stereocenters. The summed E-state index contributed by atoms with van der Waals surface area (Å²) in [4.78, 5) is 10.9. The first-order chi connectivity index (χ1) is 5.65. The number of carbonyl (C=O) groups excluding carboxylic acids is 1. The molecule has 4 heteroatoms. The van der Waals surface area contributed by atoms with Crippen LogP contribution in [0.15, 0.2) is 18.2 Å². The summed E-state index contributed by atoms with van der Waals surface area (Å²) >= 11 is 5.84. The molecule has 13 heavy (non-hydrogen) atoms. The third-order valence-electron chi connectivity index (χ3n) is 1.68. The lowest BCUT2D eigenvalue weighted by Crippen LogP contribution is -1.99. The number of halogens is 2. The van der Waals surface area contributed by atoms with Crippen LogP contribution in [-0.4, -0.2) is 5.78 Å². The van der Waals surface area contributed by atoms with Gasteiger partial charge in [0.1, 0.15) is 0 Å². The van der Waals surface area contributed by atoms with Crippen molar-refractivity contribution in [3.8, 4) is 0 Å².